The Balaban J connectivity index is 2.04. The molecule has 70 valence electrons. The van der Waals surface area contributed by atoms with Gasteiger partial charge in [-0.3, -0.25) is 0 Å². The van der Waals surface area contributed by atoms with E-state index in [1.165, 1.54) is 24.8 Å². The third-order valence-corrected chi connectivity index (χ3v) is 3.15. The molecule has 2 atom stereocenters. The van der Waals surface area contributed by atoms with Gasteiger partial charge in [-0.15, -0.1) is 0 Å². The highest BCUT2D eigenvalue weighted by molar-refractivity contribution is 5.20. The summed E-state index contributed by atoms with van der Waals surface area (Å²) in [6.45, 7) is 0.864. The van der Waals surface area contributed by atoms with Gasteiger partial charge in [-0.1, -0.05) is 30.3 Å². The van der Waals surface area contributed by atoms with Gasteiger partial charge in [0, 0.05) is 0 Å². The summed E-state index contributed by atoms with van der Waals surface area (Å²) in [6, 6.07) is 10.8. The summed E-state index contributed by atoms with van der Waals surface area (Å²) in [5.74, 6) is 1.54. The van der Waals surface area contributed by atoms with Gasteiger partial charge in [-0.25, -0.2) is 0 Å². The highest BCUT2D eigenvalue weighted by atomic mass is 14.6. The van der Waals surface area contributed by atoms with E-state index in [-0.39, 0.29) is 0 Å². The normalized spacial score (nSPS) is 27.8. The second kappa shape index (κ2) is 3.93. The van der Waals surface area contributed by atoms with Crippen molar-refractivity contribution in [3.05, 3.63) is 35.9 Å². The maximum Gasteiger partial charge on any atom is -0.00486 e. The first-order valence-electron chi connectivity index (χ1n) is 5.15. The van der Waals surface area contributed by atoms with Crippen molar-refractivity contribution in [2.24, 2.45) is 11.7 Å². The van der Waals surface area contributed by atoms with Gasteiger partial charge in [0.1, 0.15) is 0 Å². The van der Waals surface area contributed by atoms with Crippen LogP contribution < -0.4 is 5.73 Å². The molecule has 1 saturated carbocycles. The highest BCUT2D eigenvalue weighted by Gasteiger charge is 2.24. The Morgan fingerprint density at radius 3 is 2.54 bits per heavy atom. The van der Waals surface area contributed by atoms with E-state index in [1.807, 2.05) is 0 Å². The topological polar surface area (TPSA) is 26.0 Å². The molecule has 2 rings (SSSR count). The molecule has 1 fully saturated rings. The smallest absolute Gasteiger partial charge is 0.00486 e. The first kappa shape index (κ1) is 8.76. The van der Waals surface area contributed by atoms with Crippen LogP contribution in [0, 0.1) is 5.92 Å². The average molecular weight is 175 g/mol. The van der Waals surface area contributed by atoms with E-state index in [9.17, 15) is 0 Å². The predicted octanol–water partition coefficient (Wildman–Crippen LogP) is 2.53. The van der Waals surface area contributed by atoms with Gasteiger partial charge in [-0.2, -0.15) is 0 Å². The zero-order valence-electron chi connectivity index (χ0n) is 7.95. The number of hydrogen-bond donors (Lipinski definition) is 1. The van der Waals surface area contributed by atoms with Crippen LogP contribution in [0.15, 0.2) is 30.3 Å². The van der Waals surface area contributed by atoms with Gasteiger partial charge in [-0.05, 0) is 43.2 Å². The molecule has 13 heavy (non-hydrogen) atoms. The van der Waals surface area contributed by atoms with Crippen molar-refractivity contribution < 1.29 is 0 Å². The van der Waals surface area contributed by atoms with Crippen molar-refractivity contribution in [1.29, 1.82) is 0 Å². The Morgan fingerprint density at radius 1 is 1.15 bits per heavy atom. The van der Waals surface area contributed by atoms with Gasteiger partial charge in [0.25, 0.3) is 0 Å². The lowest BCUT2D eigenvalue weighted by atomic mass is 9.96. The molecule has 1 aromatic carbocycles. The van der Waals surface area contributed by atoms with Gasteiger partial charge in [0.15, 0.2) is 0 Å². The van der Waals surface area contributed by atoms with Crippen molar-refractivity contribution in [2.45, 2.75) is 25.2 Å². The van der Waals surface area contributed by atoms with Crippen molar-refractivity contribution in [1.82, 2.24) is 0 Å². The molecule has 0 spiro atoms. The number of rotatable bonds is 2. The molecule has 0 aromatic heterocycles. The number of nitrogens with two attached hydrogens (primary N) is 1. The van der Waals surface area contributed by atoms with E-state index in [2.05, 4.69) is 30.3 Å². The largest absolute Gasteiger partial charge is 0.330 e. The Bertz CT molecular complexity index is 255. The zero-order chi connectivity index (χ0) is 9.10. The molecule has 0 bridgehead atoms. The molecular formula is C12H17N. The maximum atomic E-state index is 5.67. The summed E-state index contributed by atoms with van der Waals surface area (Å²) >= 11 is 0. The monoisotopic (exact) mass is 175 g/mol. The van der Waals surface area contributed by atoms with Crippen LogP contribution in [-0.2, 0) is 0 Å². The molecule has 1 aromatic rings. The molecule has 1 nitrogen and oxygen atoms in total. The molecule has 2 N–H and O–H groups in total. The van der Waals surface area contributed by atoms with Crippen LogP contribution in [0.3, 0.4) is 0 Å². The summed E-state index contributed by atoms with van der Waals surface area (Å²) in [4.78, 5) is 0. The summed E-state index contributed by atoms with van der Waals surface area (Å²) in [7, 11) is 0. The van der Waals surface area contributed by atoms with E-state index < -0.39 is 0 Å². The van der Waals surface area contributed by atoms with Gasteiger partial charge in [0.2, 0.25) is 0 Å². The SMILES string of the molecule is NC[C@@H]1CC[C@H](c2ccccc2)C1. The molecule has 0 amide bonds. The first-order chi connectivity index (χ1) is 6.40. The maximum absolute atomic E-state index is 5.67. The van der Waals surface area contributed by atoms with E-state index in [1.54, 1.807) is 0 Å². The molecule has 0 unspecified atom stereocenters. The number of hydrogen-bond acceptors (Lipinski definition) is 1. The van der Waals surface area contributed by atoms with Crippen LogP contribution >= 0.6 is 0 Å². The first-order valence-corrected chi connectivity index (χ1v) is 5.15. The minimum Gasteiger partial charge on any atom is -0.330 e. The fourth-order valence-electron chi connectivity index (χ4n) is 2.32. The summed E-state index contributed by atoms with van der Waals surface area (Å²) in [5.41, 5.74) is 7.17. The minimum atomic E-state index is 0.769. The third-order valence-electron chi connectivity index (χ3n) is 3.15. The fraction of sp³-hybridized carbons (Fsp3) is 0.500. The van der Waals surface area contributed by atoms with Crippen LogP contribution in [0.4, 0.5) is 0 Å². The van der Waals surface area contributed by atoms with Crippen molar-refractivity contribution in [2.75, 3.05) is 6.54 Å². The summed E-state index contributed by atoms with van der Waals surface area (Å²) in [6.07, 6.45) is 3.93. The molecule has 1 aliphatic rings. The molecule has 1 aliphatic carbocycles. The van der Waals surface area contributed by atoms with E-state index in [4.69, 9.17) is 5.73 Å². The fourth-order valence-corrected chi connectivity index (χ4v) is 2.32. The quantitative estimate of drug-likeness (QED) is 0.734. The summed E-state index contributed by atoms with van der Waals surface area (Å²) < 4.78 is 0. The Labute approximate surface area is 80.0 Å². The Hall–Kier alpha value is -0.820. The van der Waals surface area contributed by atoms with Gasteiger partial charge in [0.05, 0.1) is 0 Å². The molecular weight excluding hydrogens is 158 g/mol. The molecule has 0 radical (unpaired) electrons. The lowest BCUT2D eigenvalue weighted by molar-refractivity contribution is 0.551. The van der Waals surface area contributed by atoms with Crippen molar-refractivity contribution in [3.8, 4) is 0 Å². The lowest BCUT2D eigenvalue weighted by Crippen LogP contribution is -2.10. The summed E-state index contributed by atoms with van der Waals surface area (Å²) in [5, 5.41) is 0. The minimum absolute atomic E-state index is 0.769. The van der Waals surface area contributed by atoms with E-state index in [0.717, 1.165) is 18.4 Å². The Kier molecular flexibility index (Phi) is 2.65. The van der Waals surface area contributed by atoms with Gasteiger partial charge >= 0.3 is 0 Å². The Morgan fingerprint density at radius 2 is 1.92 bits per heavy atom. The highest BCUT2D eigenvalue weighted by Crippen LogP contribution is 2.37. The van der Waals surface area contributed by atoms with Crippen LogP contribution in [-0.4, -0.2) is 6.54 Å². The second-order valence-electron chi connectivity index (χ2n) is 4.02. The van der Waals surface area contributed by atoms with Crippen molar-refractivity contribution in [3.63, 3.8) is 0 Å². The van der Waals surface area contributed by atoms with Crippen LogP contribution in [0.1, 0.15) is 30.7 Å². The molecule has 1 heteroatoms. The van der Waals surface area contributed by atoms with Crippen LogP contribution in [0.25, 0.3) is 0 Å². The van der Waals surface area contributed by atoms with Crippen LogP contribution in [0.5, 0.6) is 0 Å². The van der Waals surface area contributed by atoms with Crippen LogP contribution in [0.2, 0.25) is 0 Å². The second-order valence-corrected chi connectivity index (χ2v) is 4.02. The molecule has 0 heterocycles. The molecule has 0 saturated heterocycles. The average Bonchev–Trinajstić information content (AvgIpc) is 2.67. The van der Waals surface area contributed by atoms with Gasteiger partial charge < -0.3 is 5.73 Å². The third kappa shape index (κ3) is 1.92. The molecule has 0 aliphatic heterocycles. The van der Waals surface area contributed by atoms with E-state index >= 15 is 0 Å². The number of benzene rings is 1. The van der Waals surface area contributed by atoms with E-state index in [0.29, 0.717) is 0 Å². The van der Waals surface area contributed by atoms with Crippen molar-refractivity contribution >= 4 is 0 Å². The standard InChI is InChI=1S/C12H17N/c13-9-10-6-7-12(8-10)11-4-2-1-3-5-11/h1-5,10,12H,6-9,13H2/t10-,12+/m1/s1. The lowest BCUT2D eigenvalue weighted by Gasteiger charge is -2.09. The predicted molar refractivity (Wildman–Crippen MR) is 55.6 cm³/mol. The zero-order valence-corrected chi connectivity index (χ0v) is 7.95.